The van der Waals surface area contributed by atoms with E-state index in [-0.39, 0.29) is 6.85 Å². The Labute approximate surface area is 315 Å². The van der Waals surface area contributed by atoms with Crippen molar-refractivity contribution in [1.29, 1.82) is 0 Å². The second-order valence-corrected chi connectivity index (χ2v) is 14.1. The van der Waals surface area contributed by atoms with Gasteiger partial charge >= 0.3 is 6.85 Å². The SMILES string of the molecule is c1ccc(-c2c(-c3ccccc3)n3c4c(cccc24)-c2cccc4c2B3c2ccc(N(c3ccccc3)c3ccccc3)cc2N4c2ccccc2)cc1. The molecule has 9 aromatic rings. The maximum atomic E-state index is 2.67. The predicted octanol–water partition coefficient (Wildman–Crippen LogP) is 11.9. The first-order valence-electron chi connectivity index (χ1n) is 18.7. The first-order chi connectivity index (χ1) is 26.8. The summed E-state index contributed by atoms with van der Waals surface area (Å²) in [5, 5.41) is 1.27. The van der Waals surface area contributed by atoms with Crippen LogP contribution in [0.2, 0.25) is 0 Å². The average molecular weight is 688 g/mol. The molecule has 54 heavy (non-hydrogen) atoms. The standard InChI is InChI=1S/C50H34BN3/c1-6-18-35(19-7-1)47-43-30-16-29-42-41-28-17-31-45-48(41)51(54(50(42)43)49(47)36-20-8-2-9-21-36)44-33-32-40(34-46(44)53(45)39-26-14-5-15-27-39)52(37-22-10-3-11-23-37)38-24-12-4-13-25-38/h1-34H. The Bertz CT molecular complexity index is 2780. The minimum atomic E-state index is -0.0628. The molecule has 0 aliphatic carbocycles. The van der Waals surface area contributed by atoms with Crippen LogP contribution in [0.5, 0.6) is 0 Å². The van der Waals surface area contributed by atoms with E-state index < -0.39 is 0 Å². The molecule has 0 saturated heterocycles. The fourth-order valence-corrected chi connectivity index (χ4v) is 8.99. The van der Waals surface area contributed by atoms with Gasteiger partial charge in [0, 0.05) is 61.8 Å². The smallest absolute Gasteiger partial charge is 0.333 e. The van der Waals surface area contributed by atoms with E-state index in [1.54, 1.807) is 0 Å². The second kappa shape index (κ2) is 12.3. The lowest BCUT2D eigenvalue weighted by Crippen LogP contribution is -2.56. The monoisotopic (exact) mass is 687 g/mol. The van der Waals surface area contributed by atoms with Crippen molar-refractivity contribution >= 4 is 62.8 Å². The van der Waals surface area contributed by atoms with Gasteiger partial charge in [-0.05, 0) is 82.2 Å². The van der Waals surface area contributed by atoms with E-state index in [2.05, 4.69) is 221 Å². The maximum absolute atomic E-state index is 2.67. The van der Waals surface area contributed by atoms with Crippen LogP contribution in [-0.2, 0) is 0 Å². The molecule has 0 unspecified atom stereocenters. The summed E-state index contributed by atoms with van der Waals surface area (Å²) in [5.41, 5.74) is 18.2. The summed E-state index contributed by atoms with van der Waals surface area (Å²) in [6.45, 7) is -0.0628. The molecule has 3 nitrogen and oxygen atoms in total. The zero-order valence-corrected chi connectivity index (χ0v) is 29.5. The van der Waals surface area contributed by atoms with E-state index in [0.29, 0.717) is 0 Å². The van der Waals surface area contributed by atoms with Crippen LogP contribution >= 0.6 is 0 Å². The third-order valence-electron chi connectivity index (χ3n) is 11.1. The molecule has 0 atom stereocenters. The Morgan fingerprint density at radius 3 is 1.67 bits per heavy atom. The fraction of sp³-hybridized carbons (Fsp3) is 0. The summed E-state index contributed by atoms with van der Waals surface area (Å²) in [4.78, 5) is 4.85. The number of benzene rings is 8. The van der Waals surface area contributed by atoms with Crippen LogP contribution in [0.1, 0.15) is 0 Å². The highest BCUT2D eigenvalue weighted by Crippen LogP contribution is 2.49. The molecular weight excluding hydrogens is 653 g/mol. The predicted molar refractivity (Wildman–Crippen MR) is 228 cm³/mol. The number of anilines is 6. The van der Waals surface area contributed by atoms with Gasteiger partial charge < -0.3 is 14.3 Å². The minimum absolute atomic E-state index is 0.0628. The molecule has 0 radical (unpaired) electrons. The summed E-state index contributed by atoms with van der Waals surface area (Å²) in [7, 11) is 0. The van der Waals surface area contributed by atoms with E-state index in [4.69, 9.17) is 0 Å². The Hall–Kier alpha value is -7.04. The van der Waals surface area contributed by atoms with Gasteiger partial charge in [-0.1, -0.05) is 152 Å². The third kappa shape index (κ3) is 4.57. The lowest BCUT2D eigenvalue weighted by atomic mass is 9.45. The number of hydrogen-bond donors (Lipinski definition) is 0. The highest BCUT2D eigenvalue weighted by molar-refractivity contribution is 6.89. The molecule has 0 spiro atoms. The summed E-state index contributed by atoms with van der Waals surface area (Å²) < 4.78 is 2.67. The minimum Gasteiger partial charge on any atom is -0.375 e. The van der Waals surface area contributed by atoms with E-state index in [1.807, 2.05) is 0 Å². The molecule has 0 N–H and O–H groups in total. The Morgan fingerprint density at radius 1 is 0.426 bits per heavy atom. The summed E-state index contributed by atoms with van der Waals surface area (Å²) in [6, 6.07) is 75.0. The van der Waals surface area contributed by atoms with Gasteiger partial charge in [0.25, 0.3) is 0 Å². The molecule has 4 heteroatoms. The molecule has 2 aliphatic rings. The number of rotatable bonds is 6. The highest BCUT2D eigenvalue weighted by atomic mass is 15.2. The lowest BCUT2D eigenvalue weighted by molar-refractivity contribution is 1.22. The molecule has 0 amide bonds. The summed E-state index contributed by atoms with van der Waals surface area (Å²) >= 11 is 0. The molecule has 11 rings (SSSR count). The second-order valence-electron chi connectivity index (χ2n) is 14.1. The van der Waals surface area contributed by atoms with Crippen molar-refractivity contribution in [2.45, 2.75) is 0 Å². The molecule has 2 aliphatic heterocycles. The van der Waals surface area contributed by atoms with Gasteiger partial charge in [-0.2, -0.15) is 0 Å². The molecular formula is C50H34BN3. The van der Waals surface area contributed by atoms with Crippen molar-refractivity contribution in [3.05, 3.63) is 206 Å². The number of nitrogens with zero attached hydrogens (tertiary/aromatic N) is 3. The molecule has 3 heterocycles. The van der Waals surface area contributed by atoms with Crippen LogP contribution < -0.4 is 20.7 Å². The Balaban J connectivity index is 1.25. The van der Waals surface area contributed by atoms with Crippen molar-refractivity contribution < 1.29 is 0 Å². The van der Waals surface area contributed by atoms with Gasteiger partial charge in [-0.15, -0.1) is 0 Å². The van der Waals surface area contributed by atoms with Gasteiger partial charge in [0.1, 0.15) is 0 Å². The lowest BCUT2D eigenvalue weighted by Gasteiger charge is -2.41. The highest BCUT2D eigenvalue weighted by Gasteiger charge is 2.44. The van der Waals surface area contributed by atoms with Crippen LogP contribution in [-0.4, -0.2) is 11.3 Å². The summed E-state index contributed by atoms with van der Waals surface area (Å²) in [6.07, 6.45) is 0. The first-order valence-corrected chi connectivity index (χ1v) is 18.7. The van der Waals surface area contributed by atoms with Crippen LogP contribution in [0, 0.1) is 0 Å². The van der Waals surface area contributed by atoms with Gasteiger partial charge in [0.05, 0.1) is 0 Å². The van der Waals surface area contributed by atoms with Gasteiger partial charge in [0.2, 0.25) is 0 Å². The summed E-state index contributed by atoms with van der Waals surface area (Å²) in [5.74, 6) is 0. The molecule has 1 aromatic heterocycles. The van der Waals surface area contributed by atoms with Crippen molar-refractivity contribution in [2.75, 3.05) is 9.80 Å². The van der Waals surface area contributed by atoms with Gasteiger partial charge in [-0.3, -0.25) is 0 Å². The number of hydrogen-bond acceptors (Lipinski definition) is 2. The number of fused-ring (bicyclic) bond motifs is 4. The van der Waals surface area contributed by atoms with Crippen molar-refractivity contribution in [1.82, 2.24) is 4.48 Å². The van der Waals surface area contributed by atoms with Gasteiger partial charge in [-0.25, -0.2) is 0 Å². The average Bonchev–Trinajstić information content (AvgIpc) is 3.60. The van der Waals surface area contributed by atoms with Crippen molar-refractivity contribution in [2.24, 2.45) is 0 Å². The Morgan fingerprint density at radius 2 is 1.00 bits per heavy atom. The molecule has 0 saturated carbocycles. The first kappa shape index (κ1) is 30.6. The van der Waals surface area contributed by atoms with Crippen LogP contribution in [0.15, 0.2) is 206 Å². The molecule has 0 bridgehead atoms. The van der Waals surface area contributed by atoms with Gasteiger partial charge in [0.15, 0.2) is 0 Å². The van der Waals surface area contributed by atoms with Crippen molar-refractivity contribution in [3.63, 3.8) is 0 Å². The zero-order valence-electron chi connectivity index (χ0n) is 29.5. The van der Waals surface area contributed by atoms with E-state index >= 15 is 0 Å². The third-order valence-corrected chi connectivity index (χ3v) is 11.1. The quantitative estimate of drug-likeness (QED) is 0.161. The fourth-order valence-electron chi connectivity index (χ4n) is 8.99. The largest absolute Gasteiger partial charge is 0.375 e. The van der Waals surface area contributed by atoms with Crippen LogP contribution in [0.3, 0.4) is 0 Å². The zero-order chi connectivity index (χ0) is 35.6. The van der Waals surface area contributed by atoms with Crippen LogP contribution in [0.25, 0.3) is 44.4 Å². The van der Waals surface area contributed by atoms with E-state index in [0.717, 1.165) is 22.7 Å². The van der Waals surface area contributed by atoms with Crippen molar-refractivity contribution in [3.8, 4) is 33.5 Å². The normalized spacial score (nSPS) is 12.4. The Kier molecular flexibility index (Phi) is 6.96. The van der Waals surface area contributed by atoms with Crippen LogP contribution in [0.4, 0.5) is 34.1 Å². The van der Waals surface area contributed by atoms with E-state index in [9.17, 15) is 0 Å². The molecule has 252 valence electrons. The maximum Gasteiger partial charge on any atom is 0.333 e. The topological polar surface area (TPSA) is 11.4 Å². The number of para-hydroxylation sites is 4. The molecule has 8 aromatic carbocycles. The number of aromatic nitrogens is 1. The molecule has 0 fully saturated rings. The van der Waals surface area contributed by atoms with E-state index in [1.165, 1.54) is 66.7 Å².